The fourth-order valence-corrected chi connectivity index (χ4v) is 3.98. The molecule has 0 aliphatic carbocycles. The third-order valence-corrected chi connectivity index (χ3v) is 5.62. The summed E-state index contributed by atoms with van der Waals surface area (Å²) in [5, 5.41) is 3.52. The summed E-state index contributed by atoms with van der Waals surface area (Å²) in [6.45, 7) is 0. The van der Waals surface area contributed by atoms with E-state index >= 15 is 0 Å². The van der Waals surface area contributed by atoms with Crippen LogP contribution in [0.1, 0.15) is 10.4 Å². The van der Waals surface area contributed by atoms with Crippen LogP contribution >= 0.6 is 34.9 Å². The lowest BCUT2D eigenvalue weighted by Crippen LogP contribution is -2.11. The number of para-hydroxylation sites is 1. The molecule has 0 saturated heterocycles. The van der Waals surface area contributed by atoms with Gasteiger partial charge in [0.15, 0.2) is 5.13 Å². The number of thioether (sulfide) groups is 2. The summed E-state index contributed by atoms with van der Waals surface area (Å²) in [6.07, 6.45) is 4.04. The van der Waals surface area contributed by atoms with Gasteiger partial charge >= 0.3 is 0 Å². The number of carbonyl (C=O) groups is 1. The van der Waals surface area contributed by atoms with Crippen LogP contribution in [0.5, 0.6) is 0 Å². The maximum atomic E-state index is 12.3. The molecule has 1 heterocycles. The largest absolute Gasteiger partial charge is 0.298 e. The highest BCUT2D eigenvalue weighted by atomic mass is 32.2. The zero-order valence-corrected chi connectivity index (χ0v) is 14.6. The number of amides is 1. The van der Waals surface area contributed by atoms with E-state index in [0.717, 1.165) is 20.0 Å². The molecule has 0 radical (unpaired) electrons. The van der Waals surface area contributed by atoms with Gasteiger partial charge in [-0.1, -0.05) is 17.4 Å². The third-order valence-electron chi connectivity index (χ3n) is 3.17. The molecule has 0 unspecified atom stereocenters. The maximum Gasteiger partial charge on any atom is 0.257 e. The number of hydrogen-bond donors (Lipinski definition) is 1. The van der Waals surface area contributed by atoms with Crippen LogP contribution in [-0.2, 0) is 0 Å². The molecule has 1 aromatic heterocycles. The van der Waals surface area contributed by atoms with E-state index in [1.807, 2.05) is 55.0 Å². The molecule has 1 amide bonds. The number of nitrogens with zero attached hydrogens (tertiary/aromatic N) is 1. The molecule has 2 aromatic carbocycles. The molecule has 0 saturated carbocycles. The van der Waals surface area contributed by atoms with Crippen molar-refractivity contribution in [3.63, 3.8) is 0 Å². The van der Waals surface area contributed by atoms with Crippen LogP contribution in [0.2, 0.25) is 0 Å². The molecule has 0 aliphatic rings. The average Bonchev–Trinajstić information content (AvgIpc) is 2.97. The lowest BCUT2D eigenvalue weighted by molar-refractivity contribution is 0.102. The van der Waals surface area contributed by atoms with Gasteiger partial charge in [0.05, 0.1) is 10.2 Å². The highest BCUT2D eigenvalue weighted by molar-refractivity contribution is 7.99. The SMILES string of the molecule is CSc1ccc(C(=O)Nc2nc3c(SC)cccc3s2)cc1. The summed E-state index contributed by atoms with van der Waals surface area (Å²) in [5.74, 6) is -0.127. The van der Waals surface area contributed by atoms with Gasteiger partial charge in [0, 0.05) is 15.4 Å². The molecular weight excluding hydrogens is 332 g/mol. The zero-order valence-electron chi connectivity index (χ0n) is 12.1. The van der Waals surface area contributed by atoms with Gasteiger partial charge in [0.1, 0.15) is 0 Å². The second kappa shape index (κ2) is 6.73. The van der Waals surface area contributed by atoms with Crippen molar-refractivity contribution < 1.29 is 4.79 Å². The summed E-state index contributed by atoms with van der Waals surface area (Å²) in [7, 11) is 0. The average molecular weight is 347 g/mol. The second-order valence-electron chi connectivity index (χ2n) is 4.51. The standard InChI is InChI=1S/C16H14N2OS3/c1-20-11-8-6-10(7-9-11)15(19)18-16-17-14-12(21-2)4-3-5-13(14)22-16/h3-9H,1-2H3,(H,17,18,19). The van der Waals surface area contributed by atoms with Crippen molar-refractivity contribution in [2.75, 3.05) is 17.8 Å². The summed E-state index contributed by atoms with van der Waals surface area (Å²) >= 11 is 4.81. The lowest BCUT2D eigenvalue weighted by atomic mass is 10.2. The first-order chi connectivity index (χ1) is 10.7. The van der Waals surface area contributed by atoms with Crippen LogP contribution in [0.4, 0.5) is 5.13 Å². The fourth-order valence-electron chi connectivity index (χ4n) is 2.05. The molecule has 0 bridgehead atoms. The van der Waals surface area contributed by atoms with Gasteiger partial charge < -0.3 is 0 Å². The van der Waals surface area contributed by atoms with Crippen LogP contribution in [-0.4, -0.2) is 23.4 Å². The number of carbonyl (C=O) groups excluding carboxylic acids is 1. The summed E-state index contributed by atoms with van der Waals surface area (Å²) < 4.78 is 1.08. The second-order valence-corrected chi connectivity index (χ2v) is 7.27. The topological polar surface area (TPSA) is 42.0 Å². The minimum Gasteiger partial charge on any atom is -0.298 e. The Balaban J connectivity index is 1.84. The number of anilines is 1. The first kappa shape index (κ1) is 15.4. The van der Waals surface area contributed by atoms with E-state index in [1.165, 1.54) is 11.3 Å². The smallest absolute Gasteiger partial charge is 0.257 e. The first-order valence-electron chi connectivity index (χ1n) is 6.60. The van der Waals surface area contributed by atoms with Gasteiger partial charge in [-0.05, 0) is 48.9 Å². The van der Waals surface area contributed by atoms with Crippen LogP contribution in [0.25, 0.3) is 10.2 Å². The third kappa shape index (κ3) is 3.14. The molecule has 3 rings (SSSR count). The summed E-state index contributed by atoms with van der Waals surface area (Å²) in [5.41, 5.74) is 1.59. The van der Waals surface area contributed by atoms with Crippen molar-refractivity contribution in [2.24, 2.45) is 0 Å². The van der Waals surface area contributed by atoms with E-state index in [-0.39, 0.29) is 5.91 Å². The van der Waals surface area contributed by atoms with Gasteiger partial charge in [-0.25, -0.2) is 4.98 Å². The van der Waals surface area contributed by atoms with E-state index in [9.17, 15) is 4.79 Å². The molecule has 3 aromatic rings. The van der Waals surface area contributed by atoms with Crippen LogP contribution < -0.4 is 5.32 Å². The molecule has 0 spiro atoms. The number of fused-ring (bicyclic) bond motifs is 1. The molecule has 3 nitrogen and oxygen atoms in total. The Kier molecular flexibility index (Phi) is 4.71. The van der Waals surface area contributed by atoms with E-state index < -0.39 is 0 Å². The van der Waals surface area contributed by atoms with Gasteiger partial charge in [-0.3, -0.25) is 10.1 Å². The number of nitrogens with one attached hydrogen (secondary N) is 1. The van der Waals surface area contributed by atoms with Crippen LogP contribution in [0.3, 0.4) is 0 Å². The Morgan fingerprint density at radius 1 is 1.09 bits per heavy atom. The summed E-state index contributed by atoms with van der Waals surface area (Å²) in [4.78, 5) is 19.1. The Bertz CT molecular complexity index is 812. The van der Waals surface area contributed by atoms with Crippen molar-refractivity contribution in [2.45, 2.75) is 9.79 Å². The molecule has 0 aliphatic heterocycles. The van der Waals surface area contributed by atoms with Crippen LogP contribution in [0, 0.1) is 0 Å². The van der Waals surface area contributed by atoms with Crippen molar-refractivity contribution in [1.82, 2.24) is 4.98 Å². The monoisotopic (exact) mass is 346 g/mol. The molecule has 22 heavy (non-hydrogen) atoms. The van der Waals surface area contributed by atoms with E-state index in [0.29, 0.717) is 10.7 Å². The predicted molar refractivity (Wildman–Crippen MR) is 97.6 cm³/mol. The molecular formula is C16H14N2OS3. The van der Waals surface area contributed by atoms with Gasteiger partial charge in [0.25, 0.3) is 5.91 Å². The summed E-state index contributed by atoms with van der Waals surface area (Å²) in [6, 6.07) is 13.6. The van der Waals surface area contributed by atoms with Crippen molar-refractivity contribution in [3.05, 3.63) is 48.0 Å². The molecule has 0 fully saturated rings. The Hall–Kier alpha value is -1.50. The predicted octanol–water partition coefficient (Wildman–Crippen LogP) is 4.99. The highest BCUT2D eigenvalue weighted by Gasteiger charge is 2.11. The van der Waals surface area contributed by atoms with Gasteiger partial charge in [0.2, 0.25) is 0 Å². The van der Waals surface area contributed by atoms with Crippen LogP contribution in [0.15, 0.2) is 52.3 Å². The minimum atomic E-state index is -0.127. The maximum absolute atomic E-state index is 12.3. The lowest BCUT2D eigenvalue weighted by Gasteiger charge is -2.02. The zero-order chi connectivity index (χ0) is 15.5. The van der Waals surface area contributed by atoms with Crippen molar-refractivity contribution >= 4 is 56.1 Å². The molecule has 0 atom stereocenters. The van der Waals surface area contributed by atoms with Crippen molar-refractivity contribution in [3.8, 4) is 0 Å². The van der Waals surface area contributed by atoms with Gasteiger partial charge in [-0.15, -0.1) is 23.5 Å². The quantitative estimate of drug-likeness (QED) is 0.676. The number of benzene rings is 2. The Morgan fingerprint density at radius 2 is 1.86 bits per heavy atom. The molecule has 6 heteroatoms. The number of hydrogen-bond acceptors (Lipinski definition) is 5. The number of rotatable bonds is 4. The van der Waals surface area contributed by atoms with E-state index in [4.69, 9.17) is 0 Å². The molecule has 112 valence electrons. The Morgan fingerprint density at radius 3 is 2.55 bits per heavy atom. The van der Waals surface area contributed by atoms with E-state index in [1.54, 1.807) is 23.5 Å². The highest BCUT2D eigenvalue weighted by Crippen LogP contribution is 2.32. The van der Waals surface area contributed by atoms with Crippen molar-refractivity contribution in [1.29, 1.82) is 0 Å². The van der Waals surface area contributed by atoms with E-state index in [2.05, 4.69) is 10.3 Å². The number of thiazole rings is 1. The number of aromatic nitrogens is 1. The van der Waals surface area contributed by atoms with Gasteiger partial charge in [-0.2, -0.15) is 0 Å². The first-order valence-corrected chi connectivity index (χ1v) is 9.87. The minimum absolute atomic E-state index is 0.127. The Labute approximate surface area is 141 Å². The fraction of sp³-hybridized carbons (Fsp3) is 0.125. The molecule has 1 N–H and O–H groups in total. The normalized spacial score (nSPS) is 10.8.